The third-order valence-electron chi connectivity index (χ3n) is 2.97. The molecule has 0 radical (unpaired) electrons. The molecule has 1 amide bonds. The van der Waals surface area contributed by atoms with Gasteiger partial charge >= 0.3 is 0 Å². The van der Waals surface area contributed by atoms with E-state index in [-0.39, 0.29) is 5.91 Å². The van der Waals surface area contributed by atoms with Gasteiger partial charge in [0.05, 0.1) is 10.6 Å². The molecular formula is C12H18N2OS. The Hall–Kier alpha value is -1.03. The van der Waals surface area contributed by atoms with Crippen molar-refractivity contribution in [2.24, 2.45) is 0 Å². The van der Waals surface area contributed by atoms with Crippen molar-refractivity contribution < 1.29 is 4.79 Å². The minimum absolute atomic E-state index is 0.109. The van der Waals surface area contributed by atoms with E-state index >= 15 is 0 Å². The molecule has 3 nitrogen and oxygen atoms in total. The summed E-state index contributed by atoms with van der Waals surface area (Å²) in [6.07, 6.45) is 2.24. The Morgan fingerprint density at radius 2 is 2.06 bits per heavy atom. The lowest BCUT2D eigenvalue weighted by Crippen LogP contribution is -2.27. The van der Waals surface area contributed by atoms with Crippen molar-refractivity contribution in [3.63, 3.8) is 0 Å². The zero-order chi connectivity index (χ0) is 11.7. The first-order valence-corrected chi connectivity index (χ1v) is 6.59. The summed E-state index contributed by atoms with van der Waals surface area (Å²) >= 11 is 1.54. The van der Waals surface area contributed by atoms with Gasteiger partial charge in [-0.2, -0.15) is 0 Å². The van der Waals surface area contributed by atoms with E-state index in [1.165, 1.54) is 16.2 Å². The minimum Gasteiger partial charge on any atom is -0.390 e. The zero-order valence-electron chi connectivity index (χ0n) is 9.82. The fraction of sp³-hybridized carbons (Fsp3) is 0.583. The predicted octanol–water partition coefficient (Wildman–Crippen LogP) is 2.69. The minimum atomic E-state index is 0.109. The summed E-state index contributed by atoms with van der Waals surface area (Å²) in [4.78, 5) is 15.3. The third kappa shape index (κ3) is 2.07. The van der Waals surface area contributed by atoms with Crippen molar-refractivity contribution in [2.75, 3.05) is 18.8 Å². The number of hydrogen-bond acceptors (Lipinski definition) is 3. The van der Waals surface area contributed by atoms with Crippen LogP contribution in [-0.2, 0) is 0 Å². The summed E-state index contributed by atoms with van der Waals surface area (Å²) in [5.41, 5.74) is 6.62. The lowest BCUT2D eigenvalue weighted by Gasteiger charge is -2.14. The molecule has 1 aromatic rings. The number of hydrogen-bond donors (Lipinski definition) is 1. The molecule has 16 heavy (non-hydrogen) atoms. The van der Waals surface area contributed by atoms with Crippen LogP contribution in [0.1, 0.15) is 47.8 Å². The van der Waals surface area contributed by atoms with Gasteiger partial charge in [0.2, 0.25) is 0 Å². The first kappa shape index (κ1) is 11.5. The van der Waals surface area contributed by atoms with E-state index in [9.17, 15) is 4.79 Å². The van der Waals surface area contributed by atoms with Crippen LogP contribution in [0.15, 0.2) is 6.07 Å². The van der Waals surface area contributed by atoms with Gasteiger partial charge in [-0.1, -0.05) is 13.8 Å². The average molecular weight is 238 g/mol. The number of nitrogen functional groups attached to an aromatic ring is 1. The van der Waals surface area contributed by atoms with Gasteiger partial charge in [0.25, 0.3) is 5.91 Å². The van der Waals surface area contributed by atoms with Gasteiger partial charge in [0.1, 0.15) is 0 Å². The van der Waals surface area contributed by atoms with E-state index in [0.29, 0.717) is 16.5 Å². The maximum Gasteiger partial charge on any atom is 0.256 e. The van der Waals surface area contributed by atoms with Crippen LogP contribution >= 0.6 is 11.3 Å². The highest BCUT2D eigenvalue weighted by atomic mass is 32.1. The third-order valence-corrected chi connectivity index (χ3v) is 4.24. The molecule has 0 aliphatic carbocycles. The molecule has 2 rings (SSSR count). The highest BCUT2D eigenvalue weighted by molar-refractivity contribution is 7.16. The maximum atomic E-state index is 12.2. The van der Waals surface area contributed by atoms with Crippen LogP contribution in [0, 0.1) is 0 Å². The number of likely N-dealkylation sites (tertiary alicyclic amines) is 1. The smallest absolute Gasteiger partial charge is 0.256 e. The van der Waals surface area contributed by atoms with Crippen LogP contribution in [0.25, 0.3) is 0 Å². The molecule has 1 fully saturated rings. The molecule has 1 saturated heterocycles. The normalized spacial score (nSPS) is 16.1. The number of amides is 1. The largest absolute Gasteiger partial charge is 0.390 e. The number of carbonyl (C=O) groups excluding carboxylic acids is 1. The molecule has 0 aromatic carbocycles. The van der Waals surface area contributed by atoms with Crippen molar-refractivity contribution >= 4 is 22.2 Å². The van der Waals surface area contributed by atoms with Gasteiger partial charge in [-0.3, -0.25) is 4.79 Å². The van der Waals surface area contributed by atoms with Crippen molar-refractivity contribution in [1.29, 1.82) is 0 Å². The number of nitrogens with zero attached hydrogens (tertiary/aromatic N) is 1. The molecular weight excluding hydrogens is 220 g/mol. The first-order valence-electron chi connectivity index (χ1n) is 5.78. The lowest BCUT2D eigenvalue weighted by atomic mass is 10.1. The fourth-order valence-corrected chi connectivity index (χ4v) is 2.89. The van der Waals surface area contributed by atoms with Crippen LogP contribution in [-0.4, -0.2) is 23.9 Å². The topological polar surface area (TPSA) is 46.3 Å². The van der Waals surface area contributed by atoms with Crippen LogP contribution < -0.4 is 5.73 Å². The number of rotatable bonds is 2. The second-order valence-corrected chi connectivity index (χ2v) is 5.70. The van der Waals surface area contributed by atoms with Crippen molar-refractivity contribution in [3.8, 4) is 0 Å². The summed E-state index contributed by atoms with van der Waals surface area (Å²) in [7, 11) is 0. The molecule has 0 spiro atoms. The summed E-state index contributed by atoms with van der Waals surface area (Å²) < 4.78 is 0. The van der Waals surface area contributed by atoms with Crippen LogP contribution in [0.4, 0.5) is 5.00 Å². The van der Waals surface area contributed by atoms with E-state index in [1.54, 1.807) is 0 Å². The molecule has 1 aromatic heterocycles. The molecule has 2 heterocycles. The average Bonchev–Trinajstić information content (AvgIpc) is 2.84. The molecule has 88 valence electrons. The SMILES string of the molecule is CC(C)c1cc(C(=O)N2CCCC2)c(N)s1. The van der Waals surface area contributed by atoms with Gasteiger partial charge in [-0.25, -0.2) is 0 Å². The van der Waals surface area contributed by atoms with E-state index in [2.05, 4.69) is 13.8 Å². The summed E-state index contributed by atoms with van der Waals surface area (Å²) in [6, 6.07) is 1.96. The van der Waals surface area contributed by atoms with Crippen molar-refractivity contribution in [1.82, 2.24) is 4.90 Å². The maximum absolute atomic E-state index is 12.2. The Kier molecular flexibility index (Phi) is 3.19. The second kappa shape index (κ2) is 4.45. The van der Waals surface area contributed by atoms with Crippen LogP contribution in [0.5, 0.6) is 0 Å². The van der Waals surface area contributed by atoms with Crippen LogP contribution in [0.3, 0.4) is 0 Å². The first-order chi connectivity index (χ1) is 7.59. The molecule has 0 saturated carbocycles. The quantitative estimate of drug-likeness (QED) is 0.861. The van der Waals surface area contributed by atoms with Crippen LogP contribution in [0.2, 0.25) is 0 Å². The van der Waals surface area contributed by atoms with Gasteiger partial charge in [-0.05, 0) is 24.8 Å². The van der Waals surface area contributed by atoms with Gasteiger partial charge in [0, 0.05) is 18.0 Å². The standard InChI is InChI=1S/C12H18N2OS/c1-8(2)10-7-9(11(13)16-10)12(15)14-5-3-4-6-14/h7-8H,3-6,13H2,1-2H3. The van der Waals surface area contributed by atoms with Gasteiger partial charge in [0.15, 0.2) is 0 Å². The van der Waals surface area contributed by atoms with Crippen molar-refractivity contribution in [3.05, 3.63) is 16.5 Å². The Balaban J connectivity index is 2.22. The van der Waals surface area contributed by atoms with E-state index < -0.39 is 0 Å². The molecule has 0 bridgehead atoms. The zero-order valence-corrected chi connectivity index (χ0v) is 10.6. The molecule has 0 unspecified atom stereocenters. The summed E-state index contributed by atoms with van der Waals surface area (Å²) in [5.74, 6) is 0.547. The Morgan fingerprint density at radius 1 is 1.44 bits per heavy atom. The fourth-order valence-electron chi connectivity index (χ4n) is 1.97. The number of anilines is 1. The molecule has 2 N–H and O–H groups in total. The lowest BCUT2D eigenvalue weighted by molar-refractivity contribution is 0.0794. The Labute approximate surface area is 100 Å². The summed E-state index contributed by atoms with van der Waals surface area (Å²) in [5, 5.41) is 0.667. The van der Waals surface area contributed by atoms with E-state index in [4.69, 9.17) is 5.73 Å². The highest BCUT2D eigenvalue weighted by Crippen LogP contribution is 2.31. The summed E-state index contributed by atoms with van der Waals surface area (Å²) in [6.45, 7) is 6.00. The van der Waals surface area contributed by atoms with Gasteiger partial charge < -0.3 is 10.6 Å². The Morgan fingerprint density at radius 3 is 2.56 bits per heavy atom. The molecule has 4 heteroatoms. The number of carbonyl (C=O) groups is 1. The van der Waals surface area contributed by atoms with E-state index in [1.807, 2.05) is 11.0 Å². The highest BCUT2D eigenvalue weighted by Gasteiger charge is 2.23. The Bertz CT molecular complexity index is 392. The molecule has 0 atom stereocenters. The number of nitrogens with two attached hydrogens (primary N) is 1. The molecule has 1 aliphatic rings. The predicted molar refractivity (Wildman–Crippen MR) is 68.0 cm³/mol. The van der Waals surface area contributed by atoms with Crippen molar-refractivity contribution in [2.45, 2.75) is 32.6 Å². The monoisotopic (exact) mass is 238 g/mol. The van der Waals surface area contributed by atoms with Gasteiger partial charge in [-0.15, -0.1) is 11.3 Å². The molecule has 1 aliphatic heterocycles. The number of thiophene rings is 1. The second-order valence-electron chi connectivity index (χ2n) is 4.58. The van der Waals surface area contributed by atoms with E-state index in [0.717, 1.165) is 25.9 Å².